The van der Waals surface area contributed by atoms with Crippen molar-refractivity contribution in [3.63, 3.8) is 0 Å². The maximum atomic E-state index is 12.0. The van der Waals surface area contributed by atoms with E-state index in [0.29, 0.717) is 24.3 Å². The predicted octanol–water partition coefficient (Wildman–Crippen LogP) is 1.02. The normalized spacial score (nSPS) is 10.4. The van der Waals surface area contributed by atoms with Gasteiger partial charge in [0, 0.05) is 25.0 Å². The van der Waals surface area contributed by atoms with Gasteiger partial charge in [0.2, 0.25) is 0 Å². The molecule has 0 aliphatic carbocycles. The summed E-state index contributed by atoms with van der Waals surface area (Å²) in [4.78, 5) is 30.7. The van der Waals surface area contributed by atoms with Gasteiger partial charge < -0.3 is 15.0 Å². The summed E-state index contributed by atoms with van der Waals surface area (Å²) in [5.41, 5.74) is 2.07. The van der Waals surface area contributed by atoms with E-state index in [1.54, 1.807) is 23.6 Å². The van der Waals surface area contributed by atoms with Gasteiger partial charge in [0.1, 0.15) is 0 Å². The van der Waals surface area contributed by atoms with Crippen LogP contribution in [0.5, 0.6) is 0 Å². The molecule has 2 aromatic heterocycles. The number of carboxylic acid groups (broad SMARTS) is 1. The van der Waals surface area contributed by atoms with Gasteiger partial charge >= 0.3 is 5.97 Å². The number of aromatic nitrogens is 3. The van der Waals surface area contributed by atoms with Crippen LogP contribution in [0.4, 0.5) is 0 Å². The van der Waals surface area contributed by atoms with Crippen molar-refractivity contribution in [2.24, 2.45) is 0 Å². The van der Waals surface area contributed by atoms with Gasteiger partial charge in [-0.15, -0.1) is 0 Å². The summed E-state index contributed by atoms with van der Waals surface area (Å²) in [6, 6.07) is 3.53. The van der Waals surface area contributed by atoms with Gasteiger partial charge in [-0.25, -0.2) is 9.78 Å². The number of aromatic carboxylic acids is 1. The Hall–Kier alpha value is -2.70. The standard InChI is InChI=1S/C14H16N4O3/c1-9-3-4-11(10(2)17-9)13(19)15-5-6-18-7-12(14(20)21)16-8-18/h3-4,7-8H,5-6H2,1-2H3,(H,15,19)(H,20,21). The Kier molecular flexibility index (Phi) is 4.32. The molecule has 0 unspecified atom stereocenters. The minimum atomic E-state index is -1.07. The van der Waals surface area contributed by atoms with Gasteiger partial charge in [-0.2, -0.15) is 0 Å². The molecule has 0 aromatic carbocycles. The Morgan fingerprint density at radius 3 is 2.71 bits per heavy atom. The number of carbonyl (C=O) groups excluding carboxylic acids is 1. The van der Waals surface area contributed by atoms with Crippen molar-refractivity contribution in [3.8, 4) is 0 Å². The zero-order valence-electron chi connectivity index (χ0n) is 11.8. The molecule has 2 heterocycles. The van der Waals surface area contributed by atoms with Crippen LogP contribution in [0.3, 0.4) is 0 Å². The average molecular weight is 288 g/mol. The molecule has 21 heavy (non-hydrogen) atoms. The van der Waals surface area contributed by atoms with E-state index in [1.807, 2.05) is 6.92 Å². The van der Waals surface area contributed by atoms with Gasteiger partial charge in [0.05, 0.1) is 17.6 Å². The van der Waals surface area contributed by atoms with Crippen molar-refractivity contribution in [2.45, 2.75) is 20.4 Å². The van der Waals surface area contributed by atoms with Crippen LogP contribution in [0.15, 0.2) is 24.7 Å². The summed E-state index contributed by atoms with van der Waals surface area (Å²) in [5.74, 6) is -1.27. The Labute approximate surface area is 121 Å². The monoisotopic (exact) mass is 288 g/mol. The van der Waals surface area contributed by atoms with E-state index in [0.717, 1.165) is 5.69 Å². The second-order valence-electron chi connectivity index (χ2n) is 4.64. The SMILES string of the molecule is Cc1ccc(C(=O)NCCn2cnc(C(=O)O)c2)c(C)n1. The van der Waals surface area contributed by atoms with Crippen LogP contribution in [0.25, 0.3) is 0 Å². The summed E-state index contributed by atoms with van der Waals surface area (Å²) in [5, 5.41) is 11.5. The molecule has 2 N–H and O–H groups in total. The molecular weight excluding hydrogens is 272 g/mol. The number of amides is 1. The minimum Gasteiger partial charge on any atom is -0.476 e. The maximum Gasteiger partial charge on any atom is 0.356 e. The highest BCUT2D eigenvalue weighted by Gasteiger charge is 2.10. The molecule has 0 spiro atoms. The predicted molar refractivity (Wildman–Crippen MR) is 75.2 cm³/mol. The Bertz CT molecular complexity index is 679. The van der Waals surface area contributed by atoms with E-state index < -0.39 is 5.97 Å². The highest BCUT2D eigenvalue weighted by atomic mass is 16.4. The molecule has 110 valence electrons. The molecule has 1 amide bonds. The lowest BCUT2D eigenvalue weighted by atomic mass is 10.2. The van der Waals surface area contributed by atoms with Crippen molar-refractivity contribution in [1.29, 1.82) is 0 Å². The second kappa shape index (κ2) is 6.17. The largest absolute Gasteiger partial charge is 0.476 e. The molecule has 0 aliphatic rings. The first-order valence-electron chi connectivity index (χ1n) is 6.45. The number of rotatable bonds is 5. The smallest absolute Gasteiger partial charge is 0.356 e. The molecule has 2 aromatic rings. The van der Waals surface area contributed by atoms with Crippen LogP contribution in [0, 0.1) is 13.8 Å². The van der Waals surface area contributed by atoms with E-state index in [1.165, 1.54) is 12.5 Å². The fourth-order valence-corrected chi connectivity index (χ4v) is 1.91. The Balaban J connectivity index is 1.90. The number of nitrogens with zero attached hydrogens (tertiary/aromatic N) is 3. The first-order valence-corrected chi connectivity index (χ1v) is 6.45. The van der Waals surface area contributed by atoms with Gasteiger partial charge in [0.25, 0.3) is 5.91 Å². The number of pyridine rings is 1. The van der Waals surface area contributed by atoms with Crippen LogP contribution in [-0.4, -0.2) is 38.1 Å². The van der Waals surface area contributed by atoms with Crippen molar-refractivity contribution in [3.05, 3.63) is 47.3 Å². The summed E-state index contributed by atoms with van der Waals surface area (Å²) in [6.07, 6.45) is 2.85. The van der Waals surface area contributed by atoms with E-state index in [9.17, 15) is 9.59 Å². The number of carbonyl (C=O) groups is 2. The number of hydrogen-bond donors (Lipinski definition) is 2. The lowest BCUT2D eigenvalue weighted by Gasteiger charge is -2.08. The topological polar surface area (TPSA) is 97.1 Å². The number of aryl methyl sites for hydroxylation is 2. The summed E-state index contributed by atoms with van der Waals surface area (Å²) >= 11 is 0. The number of imidazole rings is 1. The zero-order chi connectivity index (χ0) is 15.4. The lowest BCUT2D eigenvalue weighted by molar-refractivity contribution is 0.0690. The second-order valence-corrected chi connectivity index (χ2v) is 4.64. The van der Waals surface area contributed by atoms with Gasteiger partial charge in [0.15, 0.2) is 5.69 Å². The summed E-state index contributed by atoms with van der Waals surface area (Å²) in [7, 11) is 0. The lowest BCUT2D eigenvalue weighted by Crippen LogP contribution is -2.27. The van der Waals surface area contributed by atoms with Crippen LogP contribution in [0.1, 0.15) is 32.2 Å². The fourth-order valence-electron chi connectivity index (χ4n) is 1.91. The first kappa shape index (κ1) is 14.7. The molecule has 0 bridgehead atoms. The molecule has 2 rings (SSSR count). The van der Waals surface area contributed by atoms with Gasteiger partial charge in [-0.3, -0.25) is 9.78 Å². The van der Waals surface area contributed by atoms with Crippen LogP contribution in [0.2, 0.25) is 0 Å². The molecule has 7 heteroatoms. The van der Waals surface area contributed by atoms with Crippen molar-refractivity contribution in [1.82, 2.24) is 19.9 Å². The molecule has 7 nitrogen and oxygen atoms in total. The van der Waals surface area contributed by atoms with Crippen LogP contribution < -0.4 is 5.32 Å². The third-order valence-corrected chi connectivity index (χ3v) is 2.98. The van der Waals surface area contributed by atoms with Crippen molar-refractivity contribution in [2.75, 3.05) is 6.54 Å². The molecule has 0 radical (unpaired) electrons. The molecule has 0 saturated heterocycles. The quantitative estimate of drug-likeness (QED) is 0.856. The fraction of sp³-hybridized carbons (Fsp3) is 0.286. The molecular formula is C14H16N4O3. The number of carboxylic acids is 1. The molecule has 0 atom stereocenters. The minimum absolute atomic E-state index is 0.0140. The van der Waals surface area contributed by atoms with Gasteiger partial charge in [-0.05, 0) is 26.0 Å². The van der Waals surface area contributed by atoms with E-state index in [4.69, 9.17) is 5.11 Å². The van der Waals surface area contributed by atoms with E-state index >= 15 is 0 Å². The van der Waals surface area contributed by atoms with Crippen molar-refractivity contribution < 1.29 is 14.7 Å². The highest BCUT2D eigenvalue weighted by Crippen LogP contribution is 2.06. The molecule has 0 saturated carbocycles. The third-order valence-electron chi connectivity index (χ3n) is 2.98. The van der Waals surface area contributed by atoms with Crippen LogP contribution >= 0.6 is 0 Å². The average Bonchev–Trinajstić information content (AvgIpc) is 2.87. The van der Waals surface area contributed by atoms with E-state index in [2.05, 4.69) is 15.3 Å². The number of nitrogens with one attached hydrogen (secondary N) is 1. The molecule has 0 aliphatic heterocycles. The third kappa shape index (κ3) is 3.65. The van der Waals surface area contributed by atoms with Crippen LogP contribution in [-0.2, 0) is 6.54 Å². The first-order chi connectivity index (χ1) is 9.97. The van der Waals surface area contributed by atoms with Gasteiger partial charge in [-0.1, -0.05) is 0 Å². The highest BCUT2D eigenvalue weighted by molar-refractivity contribution is 5.95. The number of hydrogen-bond acceptors (Lipinski definition) is 4. The molecule has 0 fully saturated rings. The van der Waals surface area contributed by atoms with E-state index in [-0.39, 0.29) is 11.6 Å². The maximum absolute atomic E-state index is 12.0. The van der Waals surface area contributed by atoms with Crippen molar-refractivity contribution >= 4 is 11.9 Å². The summed E-state index contributed by atoms with van der Waals surface area (Å²) < 4.78 is 1.62. The Morgan fingerprint density at radius 1 is 1.33 bits per heavy atom. The Morgan fingerprint density at radius 2 is 2.10 bits per heavy atom. The zero-order valence-corrected chi connectivity index (χ0v) is 11.8. The summed E-state index contributed by atoms with van der Waals surface area (Å²) in [6.45, 7) is 4.48.